The van der Waals surface area contributed by atoms with Gasteiger partial charge in [0, 0.05) is 5.92 Å². The van der Waals surface area contributed by atoms with E-state index in [-0.39, 0.29) is 5.56 Å². The van der Waals surface area contributed by atoms with Crippen LogP contribution in [0.25, 0.3) is 0 Å². The molecule has 0 bridgehead atoms. The van der Waals surface area contributed by atoms with Gasteiger partial charge in [0.25, 0.3) is 0 Å². The first-order valence-corrected chi connectivity index (χ1v) is 7.74. The number of nitrogens with one attached hydrogen (secondary N) is 1. The van der Waals surface area contributed by atoms with E-state index in [9.17, 15) is 33.1 Å². The summed E-state index contributed by atoms with van der Waals surface area (Å²) in [7, 11) is 2.03. The highest BCUT2D eigenvalue weighted by Crippen LogP contribution is 2.20. The normalized spacial score (nSPS) is 12.8. The summed E-state index contributed by atoms with van der Waals surface area (Å²) in [6.45, 7) is 1.26. The van der Waals surface area contributed by atoms with Crippen molar-refractivity contribution in [2.75, 3.05) is 14.2 Å². The molecule has 2 N–H and O–H groups in total. The van der Waals surface area contributed by atoms with Crippen molar-refractivity contribution in [2.45, 2.75) is 19.4 Å². The van der Waals surface area contributed by atoms with E-state index in [0.717, 1.165) is 26.4 Å². The molecular weight excluding hydrogens is 368 g/mol. The van der Waals surface area contributed by atoms with Crippen molar-refractivity contribution >= 4 is 23.8 Å². The minimum Gasteiger partial charge on any atom is -0.480 e. The Kier molecular flexibility index (Phi) is 7.82. The van der Waals surface area contributed by atoms with Crippen molar-refractivity contribution in [1.82, 2.24) is 5.32 Å². The molecule has 27 heavy (non-hydrogen) atoms. The number of hydrogen-bond acceptors (Lipinski definition) is 6. The van der Waals surface area contributed by atoms with Crippen LogP contribution in [-0.2, 0) is 35.1 Å². The van der Waals surface area contributed by atoms with Crippen LogP contribution in [0.4, 0.5) is 8.78 Å². The van der Waals surface area contributed by atoms with Gasteiger partial charge >= 0.3 is 17.9 Å². The minimum atomic E-state index is -1.63. The Morgan fingerprint density at radius 2 is 1.63 bits per heavy atom. The van der Waals surface area contributed by atoms with Gasteiger partial charge in [0.1, 0.15) is 6.04 Å². The molecule has 0 aliphatic carbocycles. The van der Waals surface area contributed by atoms with Crippen LogP contribution in [0.15, 0.2) is 18.2 Å². The molecule has 0 unspecified atom stereocenters. The Bertz CT molecular complexity index is 722. The summed E-state index contributed by atoms with van der Waals surface area (Å²) in [6, 6.07) is 1.17. The Hall–Kier alpha value is -3.04. The molecular formula is C17H19F2NO7. The number of amides is 1. The number of carbonyl (C=O) groups is 4. The van der Waals surface area contributed by atoms with Crippen LogP contribution in [0.2, 0.25) is 0 Å². The van der Waals surface area contributed by atoms with Crippen LogP contribution in [0.3, 0.4) is 0 Å². The third-order valence-corrected chi connectivity index (χ3v) is 3.89. The van der Waals surface area contributed by atoms with E-state index in [1.54, 1.807) is 0 Å². The first-order chi connectivity index (χ1) is 12.6. The maximum Gasteiger partial charge on any atom is 0.326 e. The van der Waals surface area contributed by atoms with Crippen LogP contribution < -0.4 is 5.32 Å². The molecule has 1 aromatic rings. The molecule has 2 atom stereocenters. The van der Waals surface area contributed by atoms with E-state index < -0.39 is 59.7 Å². The maximum atomic E-state index is 13.2. The molecule has 0 radical (unpaired) electrons. The Morgan fingerprint density at radius 1 is 1.07 bits per heavy atom. The van der Waals surface area contributed by atoms with Crippen molar-refractivity contribution < 1.29 is 42.5 Å². The molecule has 148 valence electrons. The Balaban J connectivity index is 2.97. The van der Waals surface area contributed by atoms with Crippen LogP contribution in [0.5, 0.6) is 0 Å². The van der Waals surface area contributed by atoms with E-state index in [4.69, 9.17) is 0 Å². The van der Waals surface area contributed by atoms with Crippen molar-refractivity contribution in [3.63, 3.8) is 0 Å². The highest BCUT2D eigenvalue weighted by Gasteiger charge is 2.41. The fourth-order valence-corrected chi connectivity index (χ4v) is 2.45. The molecule has 0 saturated carbocycles. The zero-order chi connectivity index (χ0) is 20.7. The number of rotatable bonds is 8. The summed E-state index contributed by atoms with van der Waals surface area (Å²) in [5.41, 5.74) is 0.112. The Morgan fingerprint density at radius 3 is 2.07 bits per heavy atom. The van der Waals surface area contributed by atoms with Gasteiger partial charge < -0.3 is 19.9 Å². The van der Waals surface area contributed by atoms with Gasteiger partial charge in [-0.3, -0.25) is 14.4 Å². The van der Waals surface area contributed by atoms with Crippen molar-refractivity contribution in [1.29, 1.82) is 0 Å². The van der Waals surface area contributed by atoms with E-state index in [1.807, 2.05) is 0 Å². The van der Waals surface area contributed by atoms with Gasteiger partial charge in [0.05, 0.1) is 20.6 Å². The molecule has 0 spiro atoms. The van der Waals surface area contributed by atoms with Gasteiger partial charge in [-0.15, -0.1) is 0 Å². The number of carboxylic acids is 1. The predicted octanol–water partition coefficient (Wildman–Crippen LogP) is 0.675. The largest absolute Gasteiger partial charge is 0.480 e. The average Bonchev–Trinajstić information content (AvgIpc) is 2.62. The predicted molar refractivity (Wildman–Crippen MR) is 86.3 cm³/mol. The number of ether oxygens (including phenoxy) is 2. The summed E-state index contributed by atoms with van der Waals surface area (Å²) in [6.07, 6.45) is -0.436. The van der Waals surface area contributed by atoms with Gasteiger partial charge in [-0.1, -0.05) is 13.0 Å². The lowest BCUT2D eigenvalue weighted by Crippen LogP contribution is -2.50. The lowest BCUT2D eigenvalue weighted by atomic mass is 9.87. The molecule has 0 saturated heterocycles. The maximum absolute atomic E-state index is 13.2. The number of carboxylic acid groups (broad SMARTS) is 1. The number of halogens is 2. The number of carbonyl (C=O) groups excluding carboxylic acids is 3. The van der Waals surface area contributed by atoms with Gasteiger partial charge in [0.15, 0.2) is 17.6 Å². The molecule has 10 heteroatoms. The topological polar surface area (TPSA) is 119 Å². The van der Waals surface area contributed by atoms with Gasteiger partial charge in [0.2, 0.25) is 5.91 Å². The van der Waals surface area contributed by atoms with Gasteiger partial charge in [-0.05, 0) is 17.7 Å². The monoisotopic (exact) mass is 387 g/mol. The first kappa shape index (κ1) is 22.0. The number of esters is 2. The van der Waals surface area contributed by atoms with Crippen molar-refractivity contribution in [3.8, 4) is 0 Å². The summed E-state index contributed by atoms with van der Waals surface area (Å²) in [5, 5.41) is 11.5. The standard InChI is InChI=1S/C17H19F2NO7/c1-8(13(16(24)26-2)17(25)27-3)14(15(22)23)20-12(21)7-9-4-5-10(18)11(19)6-9/h4-6,8,13-14H,7H2,1-3H3,(H,20,21)(H,22,23)/t8-,14-/m1/s1. The third kappa shape index (κ3) is 5.73. The lowest BCUT2D eigenvalue weighted by Gasteiger charge is -2.26. The SMILES string of the molecule is COC(=O)C(C(=O)OC)[C@@H](C)[C@@H](NC(=O)Cc1ccc(F)c(F)c1)C(=O)O. The van der Waals surface area contributed by atoms with Crippen molar-refractivity contribution in [3.05, 3.63) is 35.4 Å². The zero-order valence-corrected chi connectivity index (χ0v) is 14.8. The summed E-state index contributed by atoms with van der Waals surface area (Å²) >= 11 is 0. The Labute approximate surface area is 153 Å². The molecule has 1 aromatic carbocycles. The number of aliphatic carboxylic acids is 1. The zero-order valence-electron chi connectivity index (χ0n) is 14.8. The van der Waals surface area contributed by atoms with E-state index in [1.165, 1.54) is 13.0 Å². The lowest BCUT2D eigenvalue weighted by molar-refractivity contribution is -0.163. The second-order valence-corrected chi connectivity index (χ2v) is 5.69. The van der Waals surface area contributed by atoms with Gasteiger partial charge in [-0.2, -0.15) is 0 Å². The molecule has 0 aliphatic rings. The molecule has 0 aromatic heterocycles. The quantitative estimate of drug-likeness (QED) is 0.497. The first-order valence-electron chi connectivity index (χ1n) is 7.74. The third-order valence-electron chi connectivity index (χ3n) is 3.89. The molecule has 8 nitrogen and oxygen atoms in total. The smallest absolute Gasteiger partial charge is 0.326 e. The van der Waals surface area contributed by atoms with E-state index in [0.29, 0.717) is 0 Å². The number of hydrogen-bond donors (Lipinski definition) is 2. The highest BCUT2D eigenvalue weighted by atomic mass is 19.2. The van der Waals surface area contributed by atoms with Gasteiger partial charge in [-0.25, -0.2) is 13.6 Å². The van der Waals surface area contributed by atoms with Crippen LogP contribution in [-0.4, -0.2) is 49.2 Å². The van der Waals surface area contributed by atoms with E-state index in [2.05, 4.69) is 14.8 Å². The second-order valence-electron chi connectivity index (χ2n) is 5.69. The second kappa shape index (κ2) is 9.60. The summed E-state index contributed by atoms with van der Waals surface area (Å²) < 4.78 is 35.1. The number of methoxy groups -OCH3 is 2. The molecule has 1 amide bonds. The van der Waals surface area contributed by atoms with Crippen LogP contribution in [0, 0.1) is 23.5 Å². The molecule has 0 heterocycles. The molecule has 1 rings (SSSR count). The fourth-order valence-electron chi connectivity index (χ4n) is 2.45. The molecule has 0 fully saturated rings. The number of benzene rings is 1. The summed E-state index contributed by atoms with van der Waals surface area (Å²) in [5.74, 6) is -9.39. The average molecular weight is 387 g/mol. The molecule has 0 aliphatic heterocycles. The van der Waals surface area contributed by atoms with Crippen molar-refractivity contribution in [2.24, 2.45) is 11.8 Å². The highest BCUT2D eigenvalue weighted by molar-refractivity contribution is 5.96. The summed E-state index contributed by atoms with van der Waals surface area (Å²) in [4.78, 5) is 47.3. The fraction of sp³-hybridized carbons (Fsp3) is 0.412. The minimum absolute atomic E-state index is 0.112. The van der Waals surface area contributed by atoms with E-state index >= 15 is 0 Å². The van der Waals surface area contributed by atoms with Crippen LogP contribution >= 0.6 is 0 Å². The van der Waals surface area contributed by atoms with Crippen LogP contribution in [0.1, 0.15) is 12.5 Å².